The average molecular weight is 396 g/mol. The van der Waals surface area contributed by atoms with Crippen LogP contribution in [-0.2, 0) is 13.0 Å². The number of pyridine rings is 1. The summed E-state index contributed by atoms with van der Waals surface area (Å²) in [6.07, 6.45) is 3.06. The zero-order valence-electron chi connectivity index (χ0n) is 16.7. The number of hydrogen-bond acceptors (Lipinski definition) is 4. The molecule has 150 valence electrons. The number of ether oxygens (including phenoxy) is 1. The topological polar surface area (TPSA) is 65.2 Å². The molecule has 1 aromatic heterocycles. The summed E-state index contributed by atoms with van der Waals surface area (Å²) in [6, 6.07) is 26.7. The number of nitrogens with zero attached hydrogens (tertiary/aromatic N) is 1. The molecule has 4 nitrogen and oxygen atoms in total. The van der Waals surface area contributed by atoms with E-state index in [0.717, 1.165) is 27.8 Å². The molecule has 0 fully saturated rings. The molecule has 1 unspecified atom stereocenters. The zero-order valence-corrected chi connectivity index (χ0v) is 16.7. The lowest BCUT2D eigenvalue weighted by molar-refractivity contribution is 0.0957. The van der Waals surface area contributed by atoms with Crippen LogP contribution >= 0.6 is 0 Å². The number of hydrogen-bond donors (Lipinski definition) is 1. The Kier molecular flexibility index (Phi) is 6.16. The van der Waals surface area contributed by atoms with Gasteiger partial charge < -0.3 is 10.5 Å². The average Bonchev–Trinajstić information content (AvgIpc) is 2.81. The first kappa shape index (κ1) is 19.8. The Morgan fingerprint density at radius 2 is 1.63 bits per heavy atom. The van der Waals surface area contributed by atoms with E-state index in [1.165, 1.54) is 0 Å². The van der Waals surface area contributed by atoms with Crippen LogP contribution in [0.5, 0.6) is 5.75 Å². The second kappa shape index (κ2) is 9.33. The summed E-state index contributed by atoms with van der Waals surface area (Å²) in [5.41, 5.74) is 9.89. The highest BCUT2D eigenvalue weighted by Crippen LogP contribution is 2.27. The first-order valence-corrected chi connectivity index (χ1v) is 10.1. The normalized spacial score (nSPS) is 11.9. The van der Waals surface area contributed by atoms with Crippen molar-refractivity contribution in [1.29, 1.82) is 0 Å². The third-order valence-corrected chi connectivity index (χ3v) is 5.18. The summed E-state index contributed by atoms with van der Waals surface area (Å²) in [5, 5.41) is 1.03. The maximum atomic E-state index is 12.5. The molecule has 3 aromatic carbocycles. The molecule has 4 heteroatoms. The predicted octanol–water partition coefficient (Wildman–Crippen LogP) is 4.96. The molecular formula is C26H24N2O2. The number of para-hydroxylation sites is 1. The van der Waals surface area contributed by atoms with Crippen LogP contribution in [0.1, 0.15) is 27.9 Å². The van der Waals surface area contributed by atoms with Gasteiger partial charge in [0.25, 0.3) is 0 Å². The third-order valence-electron chi connectivity index (χ3n) is 5.18. The van der Waals surface area contributed by atoms with E-state index < -0.39 is 6.04 Å². The quantitative estimate of drug-likeness (QED) is 0.428. The molecule has 0 amide bonds. The lowest BCUT2D eigenvalue weighted by atomic mass is 9.97. The summed E-state index contributed by atoms with van der Waals surface area (Å²) in [4.78, 5) is 17.1. The molecule has 1 heterocycles. The van der Waals surface area contributed by atoms with Crippen molar-refractivity contribution in [2.45, 2.75) is 25.5 Å². The van der Waals surface area contributed by atoms with Crippen LogP contribution in [0.15, 0.2) is 91.1 Å². The van der Waals surface area contributed by atoms with Gasteiger partial charge in [0.05, 0.1) is 6.04 Å². The fourth-order valence-corrected chi connectivity index (χ4v) is 3.53. The van der Waals surface area contributed by atoms with Crippen molar-refractivity contribution in [3.05, 3.63) is 108 Å². The molecule has 0 aliphatic carbocycles. The van der Waals surface area contributed by atoms with Crippen molar-refractivity contribution in [3.63, 3.8) is 0 Å². The maximum absolute atomic E-state index is 12.5. The SMILES string of the molecule is NC(CCc1ccnc2c(OCc3ccccc3)cccc12)C(=O)c1ccccc1. The number of Topliss-reactive ketones (excluding diaryl/α,β-unsaturated/α-hetero) is 1. The number of nitrogens with two attached hydrogens (primary N) is 1. The van der Waals surface area contributed by atoms with Gasteiger partial charge in [0, 0.05) is 17.1 Å². The van der Waals surface area contributed by atoms with Gasteiger partial charge in [0.1, 0.15) is 17.9 Å². The lowest BCUT2D eigenvalue weighted by Crippen LogP contribution is -2.31. The number of fused-ring (bicyclic) bond motifs is 1. The highest BCUT2D eigenvalue weighted by atomic mass is 16.5. The van der Waals surface area contributed by atoms with Crippen molar-refractivity contribution in [1.82, 2.24) is 4.98 Å². The van der Waals surface area contributed by atoms with E-state index in [1.54, 1.807) is 18.3 Å². The number of ketones is 1. The van der Waals surface area contributed by atoms with Gasteiger partial charge in [0.2, 0.25) is 0 Å². The number of aryl methyl sites for hydroxylation is 1. The standard InChI is InChI=1S/C26H24N2O2/c27-23(26(29)21-10-5-2-6-11-21)15-14-20-16-17-28-25-22(20)12-7-13-24(25)30-18-19-8-3-1-4-9-19/h1-13,16-17,23H,14-15,18,27H2. The largest absolute Gasteiger partial charge is 0.487 e. The Morgan fingerprint density at radius 1 is 0.900 bits per heavy atom. The highest BCUT2D eigenvalue weighted by Gasteiger charge is 2.16. The van der Waals surface area contributed by atoms with Crippen LogP contribution in [-0.4, -0.2) is 16.8 Å². The van der Waals surface area contributed by atoms with E-state index >= 15 is 0 Å². The van der Waals surface area contributed by atoms with Crippen LogP contribution in [0.3, 0.4) is 0 Å². The molecule has 2 N–H and O–H groups in total. The first-order chi connectivity index (χ1) is 14.7. The Morgan fingerprint density at radius 3 is 2.40 bits per heavy atom. The minimum absolute atomic E-state index is 0.0270. The van der Waals surface area contributed by atoms with Crippen molar-refractivity contribution in [2.24, 2.45) is 5.73 Å². The minimum Gasteiger partial charge on any atom is -0.487 e. The molecule has 4 aromatic rings. The van der Waals surface area contributed by atoms with Crippen LogP contribution in [0.4, 0.5) is 0 Å². The van der Waals surface area contributed by atoms with Gasteiger partial charge in [-0.3, -0.25) is 9.78 Å². The van der Waals surface area contributed by atoms with E-state index in [9.17, 15) is 4.79 Å². The van der Waals surface area contributed by atoms with Gasteiger partial charge in [-0.05, 0) is 36.1 Å². The number of benzene rings is 3. The van der Waals surface area contributed by atoms with Gasteiger partial charge in [-0.2, -0.15) is 0 Å². The van der Waals surface area contributed by atoms with E-state index in [1.807, 2.05) is 72.8 Å². The van der Waals surface area contributed by atoms with E-state index in [2.05, 4.69) is 4.98 Å². The first-order valence-electron chi connectivity index (χ1n) is 10.1. The van der Waals surface area contributed by atoms with Crippen molar-refractivity contribution in [3.8, 4) is 5.75 Å². The molecule has 0 radical (unpaired) electrons. The maximum Gasteiger partial charge on any atom is 0.179 e. The number of aromatic nitrogens is 1. The van der Waals surface area contributed by atoms with Gasteiger partial charge in [0.15, 0.2) is 5.78 Å². The lowest BCUT2D eigenvalue weighted by Gasteiger charge is -2.13. The highest BCUT2D eigenvalue weighted by molar-refractivity contribution is 6.00. The number of rotatable bonds is 8. The molecule has 0 saturated carbocycles. The summed E-state index contributed by atoms with van der Waals surface area (Å²) >= 11 is 0. The molecule has 0 aliphatic heterocycles. The zero-order chi connectivity index (χ0) is 20.8. The predicted molar refractivity (Wildman–Crippen MR) is 120 cm³/mol. The summed E-state index contributed by atoms with van der Waals surface area (Å²) in [5.74, 6) is 0.726. The number of carbonyl (C=O) groups excluding carboxylic acids is 1. The second-order valence-electron chi connectivity index (χ2n) is 7.27. The molecule has 30 heavy (non-hydrogen) atoms. The fraction of sp³-hybridized carbons (Fsp3) is 0.154. The van der Waals surface area contributed by atoms with Crippen LogP contribution in [0, 0.1) is 0 Å². The van der Waals surface area contributed by atoms with Gasteiger partial charge in [-0.25, -0.2) is 0 Å². The summed E-state index contributed by atoms with van der Waals surface area (Å²) in [6.45, 7) is 0.488. The summed E-state index contributed by atoms with van der Waals surface area (Å²) in [7, 11) is 0. The van der Waals surface area contributed by atoms with E-state index in [0.29, 0.717) is 25.0 Å². The molecule has 4 rings (SSSR count). The van der Waals surface area contributed by atoms with Crippen LogP contribution in [0.2, 0.25) is 0 Å². The Bertz CT molecular complexity index is 1130. The number of carbonyl (C=O) groups is 1. The van der Waals surface area contributed by atoms with E-state index in [-0.39, 0.29) is 5.78 Å². The van der Waals surface area contributed by atoms with Gasteiger partial charge >= 0.3 is 0 Å². The van der Waals surface area contributed by atoms with Crippen LogP contribution in [0.25, 0.3) is 10.9 Å². The molecule has 0 aliphatic rings. The molecule has 1 atom stereocenters. The van der Waals surface area contributed by atoms with Gasteiger partial charge in [-0.15, -0.1) is 0 Å². The van der Waals surface area contributed by atoms with E-state index in [4.69, 9.17) is 10.5 Å². The molecular weight excluding hydrogens is 372 g/mol. The third kappa shape index (κ3) is 4.56. The van der Waals surface area contributed by atoms with Gasteiger partial charge in [-0.1, -0.05) is 72.8 Å². The monoisotopic (exact) mass is 396 g/mol. The Labute approximate surface area is 176 Å². The second-order valence-corrected chi connectivity index (χ2v) is 7.27. The molecule has 0 bridgehead atoms. The Hall–Kier alpha value is -3.50. The van der Waals surface area contributed by atoms with Crippen molar-refractivity contribution in [2.75, 3.05) is 0 Å². The minimum atomic E-state index is -0.534. The summed E-state index contributed by atoms with van der Waals surface area (Å²) < 4.78 is 6.04. The van der Waals surface area contributed by atoms with Crippen LogP contribution < -0.4 is 10.5 Å². The Balaban J connectivity index is 1.49. The van der Waals surface area contributed by atoms with Crippen molar-refractivity contribution >= 4 is 16.7 Å². The van der Waals surface area contributed by atoms with Crippen molar-refractivity contribution < 1.29 is 9.53 Å². The molecule has 0 saturated heterocycles. The fourth-order valence-electron chi connectivity index (χ4n) is 3.53. The smallest absolute Gasteiger partial charge is 0.179 e. The molecule has 0 spiro atoms.